The number of ether oxygens (including phenoxy) is 1. The van der Waals surface area contributed by atoms with Gasteiger partial charge in [0.25, 0.3) is 0 Å². The van der Waals surface area contributed by atoms with Gasteiger partial charge in [0, 0.05) is 37.3 Å². The first-order valence-electron chi connectivity index (χ1n) is 13.8. The monoisotopic (exact) mass is 508 g/mol. The standard InChI is InChI=1S/C28H40N6O3/c1-29-28(22-6-3-2-4-7-22)12-10-26(11-13-28)20-33(25(35)34(26)21-27(36)8-5-9-27)23-18-30-24(31-19-23)32-14-16-37-17-15-32/h2-4,6-7,18-19,25,29,35-36H,5,8-17,20-21H2,1H3/t25?,26-,28+. The van der Waals surface area contributed by atoms with Crippen LogP contribution in [-0.4, -0.2) is 89.0 Å². The van der Waals surface area contributed by atoms with Crippen LogP contribution in [0, 0.1) is 0 Å². The topological polar surface area (TPSA) is 97.2 Å². The molecule has 1 aromatic heterocycles. The fourth-order valence-corrected chi connectivity index (χ4v) is 6.85. The molecule has 9 heteroatoms. The number of β-amino-alcohol motifs (C(OH)–C–C–N with tert-alkyl or cyclic N) is 1. The maximum absolute atomic E-state index is 11.7. The lowest BCUT2D eigenvalue weighted by Gasteiger charge is -2.51. The molecule has 1 spiro atoms. The number of nitrogens with zero attached hydrogens (tertiary/aromatic N) is 5. The van der Waals surface area contributed by atoms with Crippen LogP contribution < -0.4 is 15.1 Å². The van der Waals surface area contributed by atoms with Crippen LogP contribution in [0.1, 0.15) is 50.5 Å². The summed E-state index contributed by atoms with van der Waals surface area (Å²) in [5.41, 5.74) is 1.13. The molecule has 2 aromatic rings. The molecule has 1 aromatic carbocycles. The van der Waals surface area contributed by atoms with E-state index in [-0.39, 0.29) is 11.1 Å². The van der Waals surface area contributed by atoms with Gasteiger partial charge in [-0.3, -0.25) is 4.90 Å². The van der Waals surface area contributed by atoms with E-state index in [4.69, 9.17) is 4.74 Å². The Balaban J connectivity index is 1.25. The molecule has 200 valence electrons. The first-order chi connectivity index (χ1) is 18.0. The minimum atomic E-state index is -0.818. The quantitative estimate of drug-likeness (QED) is 0.542. The molecule has 2 aliphatic heterocycles. The fourth-order valence-electron chi connectivity index (χ4n) is 6.85. The molecule has 3 heterocycles. The molecular formula is C28H40N6O3. The molecule has 9 nitrogen and oxygen atoms in total. The molecule has 2 saturated heterocycles. The summed E-state index contributed by atoms with van der Waals surface area (Å²) in [7, 11) is 2.06. The zero-order chi connectivity index (χ0) is 25.5. The summed E-state index contributed by atoms with van der Waals surface area (Å²) in [6.07, 6.45) is 9.29. The van der Waals surface area contributed by atoms with Gasteiger partial charge in [0.05, 0.1) is 36.9 Å². The van der Waals surface area contributed by atoms with Crippen molar-refractivity contribution in [2.75, 3.05) is 56.2 Å². The van der Waals surface area contributed by atoms with Gasteiger partial charge in [0.1, 0.15) is 0 Å². The third kappa shape index (κ3) is 4.51. The van der Waals surface area contributed by atoms with E-state index < -0.39 is 12.0 Å². The molecule has 0 bridgehead atoms. The van der Waals surface area contributed by atoms with Gasteiger partial charge in [-0.25, -0.2) is 9.97 Å². The lowest BCUT2D eigenvalue weighted by atomic mass is 9.68. The van der Waals surface area contributed by atoms with Crippen molar-refractivity contribution >= 4 is 11.6 Å². The van der Waals surface area contributed by atoms with Crippen LogP contribution in [0.3, 0.4) is 0 Å². The molecule has 37 heavy (non-hydrogen) atoms. The summed E-state index contributed by atoms with van der Waals surface area (Å²) in [6.45, 7) is 4.14. The van der Waals surface area contributed by atoms with Crippen LogP contribution in [0.4, 0.5) is 11.6 Å². The lowest BCUT2D eigenvalue weighted by molar-refractivity contribution is -0.120. The second-order valence-corrected chi connectivity index (χ2v) is 11.4. The second-order valence-electron chi connectivity index (χ2n) is 11.4. The third-order valence-electron chi connectivity index (χ3n) is 9.47. The Bertz CT molecular complexity index is 1050. The van der Waals surface area contributed by atoms with E-state index in [1.165, 1.54) is 5.56 Å². The molecule has 2 aliphatic carbocycles. The number of hydrogen-bond acceptors (Lipinski definition) is 9. The van der Waals surface area contributed by atoms with Crippen molar-refractivity contribution in [2.24, 2.45) is 0 Å². The van der Waals surface area contributed by atoms with E-state index in [2.05, 4.69) is 62.5 Å². The smallest absolute Gasteiger partial charge is 0.225 e. The molecular weight excluding hydrogens is 468 g/mol. The Morgan fingerprint density at radius 2 is 1.68 bits per heavy atom. The maximum Gasteiger partial charge on any atom is 0.225 e. The van der Waals surface area contributed by atoms with Gasteiger partial charge >= 0.3 is 0 Å². The molecule has 3 N–H and O–H groups in total. The predicted octanol–water partition coefficient (Wildman–Crippen LogP) is 2.05. The van der Waals surface area contributed by atoms with Gasteiger partial charge in [-0.1, -0.05) is 30.3 Å². The van der Waals surface area contributed by atoms with Gasteiger partial charge in [-0.15, -0.1) is 0 Å². The van der Waals surface area contributed by atoms with Crippen LogP contribution in [0.15, 0.2) is 42.7 Å². The van der Waals surface area contributed by atoms with E-state index in [0.29, 0.717) is 32.3 Å². The molecule has 4 aliphatic rings. The van der Waals surface area contributed by atoms with Crippen molar-refractivity contribution < 1.29 is 14.9 Å². The van der Waals surface area contributed by atoms with Crippen molar-refractivity contribution in [3.05, 3.63) is 48.3 Å². The van der Waals surface area contributed by atoms with Crippen LogP contribution in [0.2, 0.25) is 0 Å². The summed E-state index contributed by atoms with van der Waals surface area (Å²) in [6, 6.07) is 10.7. The highest BCUT2D eigenvalue weighted by molar-refractivity contribution is 5.48. The van der Waals surface area contributed by atoms with Crippen LogP contribution in [0.25, 0.3) is 0 Å². The summed E-state index contributed by atoms with van der Waals surface area (Å²) in [4.78, 5) is 15.6. The highest BCUT2D eigenvalue weighted by Gasteiger charge is 2.56. The highest BCUT2D eigenvalue weighted by atomic mass is 16.5. The molecule has 2 saturated carbocycles. The average molecular weight is 509 g/mol. The summed E-state index contributed by atoms with van der Waals surface area (Å²) in [5, 5.41) is 26.4. The molecule has 0 amide bonds. The molecule has 1 unspecified atom stereocenters. The number of hydrogen-bond donors (Lipinski definition) is 3. The molecule has 0 radical (unpaired) electrons. The van der Waals surface area contributed by atoms with Gasteiger partial charge in [0.15, 0.2) is 6.35 Å². The Labute approximate surface area is 219 Å². The SMILES string of the molecule is CN[C@]1(c2ccccc2)CC[C@]2(CC1)CN(c1cnc(N3CCOCC3)nc1)C(O)N2CC1(O)CCC1. The van der Waals surface area contributed by atoms with E-state index in [1.807, 2.05) is 17.3 Å². The maximum atomic E-state index is 11.7. The van der Waals surface area contributed by atoms with Gasteiger partial charge in [-0.05, 0) is 57.6 Å². The first-order valence-corrected chi connectivity index (χ1v) is 13.8. The number of aliphatic hydroxyl groups excluding tert-OH is 1. The lowest BCUT2D eigenvalue weighted by Crippen LogP contribution is -2.60. The number of aliphatic hydroxyl groups is 2. The van der Waals surface area contributed by atoms with E-state index >= 15 is 0 Å². The summed E-state index contributed by atoms with van der Waals surface area (Å²) < 4.78 is 5.45. The largest absolute Gasteiger partial charge is 0.389 e. The summed E-state index contributed by atoms with van der Waals surface area (Å²) in [5.74, 6) is 0.704. The number of rotatable bonds is 6. The Kier molecular flexibility index (Phi) is 6.61. The van der Waals surface area contributed by atoms with E-state index in [9.17, 15) is 10.2 Å². The van der Waals surface area contributed by atoms with Crippen molar-refractivity contribution in [2.45, 2.75) is 68.0 Å². The van der Waals surface area contributed by atoms with Crippen molar-refractivity contribution in [3.8, 4) is 0 Å². The highest BCUT2D eigenvalue weighted by Crippen LogP contribution is 2.49. The normalized spacial score (nSPS) is 32.0. The second kappa shape index (κ2) is 9.78. The van der Waals surface area contributed by atoms with Gasteiger partial charge in [-0.2, -0.15) is 0 Å². The summed E-state index contributed by atoms with van der Waals surface area (Å²) >= 11 is 0. The van der Waals surface area contributed by atoms with Crippen LogP contribution in [-0.2, 0) is 10.3 Å². The number of anilines is 2. The van der Waals surface area contributed by atoms with E-state index in [0.717, 1.165) is 63.7 Å². The van der Waals surface area contributed by atoms with Crippen molar-refractivity contribution in [1.82, 2.24) is 20.2 Å². The Morgan fingerprint density at radius 3 is 2.27 bits per heavy atom. The minimum absolute atomic E-state index is 0.0765. The zero-order valence-electron chi connectivity index (χ0n) is 21.8. The molecule has 4 fully saturated rings. The Morgan fingerprint density at radius 1 is 1.00 bits per heavy atom. The van der Waals surface area contributed by atoms with Crippen LogP contribution >= 0.6 is 0 Å². The number of aromatic nitrogens is 2. The number of nitrogens with one attached hydrogen (secondary N) is 1. The van der Waals surface area contributed by atoms with Gasteiger partial charge in [0.2, 0.25) is 5.95 Å². The predicted molar refractivity (Wildman–Crippen MR) is 142 cm³/mol. The number of benzene rings is 1. The van der Waals surface area contributed by atoms with Crippen molar-refractivity contribution in [3.63, 3.8) is 0 Å². The fraction of sp³-hybridized carbons (Fsp3) is 0.643. The van der Waals surface area contributed by atoms with Gasteiger partial charge < -0.3 is 30.1 Å². The van der Waals surface area contributed by atoms with Crippen LogP contribution in [0.5, 0.6) is 0 Å². The third-order valence-corrected chi connectivity index (χ3v) is 9.47. The van der Waals surface area contributed by atoms with E-state index in [1.54, 1.807) is 0 Å². The Hall–Kier alpha value is -2.30. The zero-order valence-corrected chi connectivity index (χ0v) is 21.8. The number of morpholine rings is 1. The van der Waals surface area contributed by atoms with Crippen molar-refractivity contribution in [1.29, 1.82) is 0 Å². The molecule has 6 rings (SSSR count). The molecule has 1 atom stereocenters. The minimum Gasteiger partial charge on any atom is -0.389 e. The average Bonchev–Trinajstić information content (AvgIpc) is 3.20. The first kappa shape index (κ1) is 25.0.